The highest BCUT2D eigenvalue weighted by molar-refractivity contribution is 7.89. The highest BCUT2D eigenvalue weighted by Crippen LogP contribution is 2.33. The Hall–Kier alpha value is -0.620. The Morgan fingerprint density at radius 1 is 1.47 bits per heavy atom. The molecule has 19 heavy (non-hydrogen) atoms. The maximum absolute atomic E-state index is 12.0. The maximum Gasteiger partial charge on any atom is 0.324 e. The summed E-state index contributed by atoms with van der Waals surface area (Å²) in [4.78, 5) is 11.5. The summed E-state index contributed by atoms with van der Waals surface area (Å²) in [6.45, 7) is 5.87. The molecule has 0 saturated heterocycles. The van der Waals surface area contributed by atoms with Crippen LogP contribution in [-0.2, 0) is 14.8 Å². The zero-order valence-electron chi connectivity index (χ0n) is 12.0. The first kappa shape index (κ1) is 16.4. The van der Waals surface area contributed by atoms with Gasteiger partial charge in [0.15, 0.2) is 0 Å². The molecule has 5 nitrogen and oxygen atoms in total. The molecule has 1 fully saturated rings. The van der Waals surface area contributed by atoms with Crippen LogP contribution in [0.5, 0.6) is 0 Å². The summed E-state index contributed by atoms with van der Waals surface area (Å²) in [5.74, 6) is -0.541. The van der Waals surface area contributed by atoms with E-state index >= 15 is 0 Å². The van der Waals surface area contributed by atoms with Gasteiger partial charge in [-0.15, -0.1) is 0 Å². The predicted molar refractivity (Wildman–Crippen MR) is 74.4 cm³/mol. The van der Waals surface area contributed by atoms with Crippen molar-refractivity contribution < 1.29 is 18.3 Å². The van der Waals surface area contributed by atoms with E-state index in [1.165, 1.54) is 0 Å². The Balaban J connectivity index is 2.81. The molecule has 1 aliphatic carbocycles. The molecule has 0 aromatic carbocycles. The SMILES string of the molecule is CC(C)CCS(=O)(=O)NC1(C(=O)O)CCCC(C)C1. The number of hydrogen-bond acceptors (Lipinski definition) is 3. The third-order valence-electron chi connectivity index (χ3n) is 3.72. The summed E-state index contributed by atoms with van der Waals surface area (Å²) in [5, 5.41) is 9.42. The number of nitrogens with one attached hydrogen (secondary N) is 1. The number of carbonyl (C=O) groups is 1. The van der Waals surface area contributed by atoms with Crippen LogP contribution in [0.1, 0.15) is 52.9 Å². The summed E-state index contributed by atoms with van der Waals surface area (Å²) in [5.41, 5.74) is -1.30. The molecule has 1 aliphatic rings. The van der Waals surface area contributed by atoms with Crippen molar-refractivity contribution in [1.82, 2.24) is 4.72 Å². The first-order chi connectivity index (χ1) is 8.67. The molecule has 0 aliphatic heterocycles. The van der Waals surface area contributed by atoms with Crippen molar-refractivity contribution >= 4 is 16.0 Å². The molecule has 0 bridgehead atoms. The van der Waals surface area contributed by atoms with Crippen molar-refractivity contribution in [3.05, 3.63) is 0 Å². The normalized spacial score (nSPS) is 28.5. The van der Waals surface area contributed by atoms with Crippen LogP contribution < -0.4 is 4.72 Å². The summed E-state index contributed by atoms with van der Waals surface area (Å²) in [7, 11) is -3.53. The molecule has 0 aromatic rings. The van der Waals surface area contributed by atoms with E-state index < -0.39 is 21.5 Å². The lowest BCUT2D eigenvalue weighted by Gasteiger charge is -2.36. The number of carboxylic acids is 1. The van der Waals surface area contributed by atoms with Gasteiger partial charge in [-0.3, -0.25) is 4.79 Å². The molecule has 2 N–H and O–H groups in total. The zero-order chi connectivity index (χ0) is 14.7. The number of rotatable bonds is 6. The van der Waals surface area contributed by atoms with Gasteiger partial charge in [0.25, 0.3) is 0 Å². The van der Waals surface area contributed by atoms with Gasteiger partial charge in [0, 0.05) is 0 Å². The quantitative estimate of drug-likeness (QED) is 0.784. The Morgan fingerprint density at radius 3 is 2.58 bits per heavy atom. The molecule has 0 heterocycles. The second-order valence-electron chi connectivity index (χ2n) is 6.19. The minimum atomic E-state index is -3.53. The Morgan fingerprint density at radius 2 is 2.11 bits per heavy atom. The lowest BCUT2D eigenvalue weighted by Crippen LogP contribution is -2.57. The van der Waals surface area contributed by atoms with Crippen LogP contribution in [0.25, 0.3) is 0 Å². The summed E-state index contributed by atoms with van der Waals surface area (Å²) in [6.07, 6.45) is 3.01. The number of aliphatic carboxylic acids is 1. The van der Waals surface area contributed by atoms with E-state index in [9.17, 15) is 18.3 Å². The molecule has 2 atom stereocenters. The van der Waals surface area contributed by atoms with E-state index in [0.717, 1.165) is 12.8 Å². The minimum absolute atomic E-state index is 0.00588. The van der Waals surface area contributed by atoms with E-state index in [4.69, 9.17) is 0 Å². The maximum atomic E-state index is 12.0. The van der Waals surface area contributed by atoms with Crippen molar-refractivity contribution in [3.63, 3.8) is 0 Å². The smallest absolute Gasteiger partial charge is 0.324 e. The van der Waals surface area contributed by atoms with Crippen LogP contribution in [0.15, 0.2) is 0 Å². The molecular weight excluding hydrogens is 266 g/mol. The first-order valence-electron chi connectivity index (χ1n) is 6.92. The fourth-order valence-electron chi connectivity index (χ4n) is 2.62. The molecule has 1 saturated carbocycles. The van der Waals surface area contributed by atoms with Gasteiger partial charge in [0.05, 0.1) is 5.75 Å². The Labute approximate surface area is 115 Å². The average Bonchev–Trinajstić information content (AvgIpc) is 2.25. The molecule has 0 amide bonds. The fourth-order valence-corrected chi connectivity index (χ4v) is 4.37. The van der Waals surface area contributed by atoms with Crippen LogP contribution in [0.2, 0.25) is 0 Å². The predicted octanol–water partition coefficient (Wildman–Crippen LogP) is 1.99. The number of hydrogen-bond donors (Lipinski definition) is 2. The van der Waals surface area contributed by atoms with Crippen LogP contribution in [0.4, 0.5) is 0 Å². The van der Waals surface area contributed by atoms with Gasteiger partial charge in [-0.05, 0) is 31.1 Å². The fraction of sp³-hybridized carbons (Fsp3) is 0.923. The topological polar surface area (TPSA) is 83.5 Å². The third-order valence-corrected chi connectivity index (χ3v) is 5.20. The second-order valence-corrected chi connectivity index (χ2v) is 8.03. The van der Waals surface area contributed by atoms with E-state index in [0.29, 0.717) is 19.3 Å². The molecule has 0 spiro atoms. The summed E-state index contributed by atoms with van der Waals surface area (Å²) >= 11 is 0. The van der Waals surface area contributed by atoms with E-state index in [2.05, 4.69) is 4.72 Å². The van der Waals surface area contributed by atoms with Gasteiger partial charge in [0.1, 0.15) is 5.54 Å². The van der Waals surface area contributed by atoms with Gasteiger partial charge in [-0.2, -0.15) is 4.72 Å². The molecule has 2 unspecified atom stereocenters. The molecule has 6 heteroatoms. The summed E-state index contributed by atoms with van der Waals surface area (Å²) < 4.78 is 26.6. The summed E-state index contributed by atoms with van der Waals surface area (Å²) in [6, 6.07) is 0. The lowest BCUT2D eigenvalue weighted by molar-refractivity contribution is -0.146. The van der Waals surface area contributed by atoms with Gasteiger partial charge in [-0.25, -0.2) is 8.42 Å². The molecular formula is C13H25NO4S. The minimum Gasteiger partial charge on any atom is -0.480 e. The van der Waals surface area contributed by atoms with Crippen LogP contribution >= 0.6 is 0 Å². The van der Waals surface area contributed by atoms with E-state index in [1.807, 2.05) is 20.8 Å². The molecule has 1 rings (SSSR count). The van der Waals surface area contributed by atoms with Crippen LogP contribution in [-0.4, -0.2) is 30.8 Å². The Kier molecular flexibility index (Phi) is 5.38. The van der Waals surface area contributed by atoms with Crippen molar-refractivity contribution in [1.29, 1.82) is 0 Å². The number of carboxylic acid groups (broad SMARTS) is 1. The van der Waals surface area contributed by atoms with Crippen molar-refractivity contribution in [2.45, 2.75) is 58.4 Å². The molecule has 0 radical (unpaired) electrons. The highest BCUT2D eigenvalue weighted by Gasteiger charge is 2.44. The first-order valence-corrected chi connectivity index (χ1v) is 8.57. The average molecular weight is 291 g/mol. The molecule has 0 aromatic heterocycles. The highest BCUT2D eigenvalue weighted by atomic mass is 32.2. The van der Waals surface area contributed by atoms with Crippen molar-refractivity contribution in [2.24, 2.45) is 11.8 Å². The largest absolute Gasteiger partial charge is 0.480 e. The van der Waals surface area contributed by atoms with Gasteiger partial charge in [0.2, 0.25) is 10.0 Å². The Bertz CT molecular complexity index is 418. The van der Waals surface area contributed by atoms with E-state index in [1.54, 1.807) is 0 Å². The van der Waals surface area contributed by atoms with Crippen LogP contribution in [0.3, 0.4) is 0 Å². The van der Waals surface area contributed by atoms with Crippen LogP contribution in [0, 0.1) is 11.8 Å². The van der Waals surface area contributed by atoms with Gasteiger partial charge < -0.3 is 5.11 Å². The number of sulfonamides is 1. The van der Waals surface area contributed by atoms with E-state index in [-0.39, 0.29) is 17.6 Å². The third kappa shape index (κ3) is 4.76. The van der Waals surface area contributed by atoms with Crippen molar-refractivity contribution in [3.8, 4) is 0 Å². The monoisotopic (exact) mass is 291 g/mol. The standard InChI is InChI=1S/C13H25NO4S/c1-10(2)6-8-19(17,18)14-13(12(15)16)7-4-5-11(3)9-13/h10-11,14H,4-9H2,1-3H3,(H,15,16). The molecule has 112 valence electrons. The zero-order valence-corrected chi connectivity index (χ0v) is 12.8. The van der Waals surface area contributed by atoms with Crippen molar-refractivity contribution in [2.75, 3.05) is 5.75 Å². The van der Waals surface area contributed by atoms with Gasteiger partial charge in [-0.1, -0.05) is 33.6 Å². The second kappa shape index (κ2) is 6.22. The van der Waals surface area contributed by atoms with Gasteiger partial charge >= 0.3 is 5.97 Å². The lowest BCUT2D eigenvalue weighted by atomic mass is 9.77.